The van der Waals surface area contributed by atoms with Gasteiger partial charge in [-0.05, 0) is 36.2 Å². The van der Waals surface area contributed by atoms with Crippen LogP contribution in [0.25, 0.3) is 0 Å². The van der Waals surface area contributed by atoms with Gasteiger partial charge in [0.25, 0.3) is 0 Å². The largest absolute Gasteiger partial charge is 0.416 e. The van der Waals surface area contributed by atoms with Gasteiger partial charge in [0.2, 0.25) is 21.8 Å². The molecule has 0 saturated heterocycles. The highest BCUT2D eigenvalue weighted by molar-refractivity contribution is 7.92. The topological polar surface area (TPSA) is 86.8 Å². The van der Waals surface area contributed by atoms with Gasteiger partial charge in [0.1, 0.15) is 12.6 Å². The number of carbonyl (C=O) groups is 2. The van der Waals surface area contributed by atoms with E-state index in [0.717, 1.165) is 29.5 Å². The fourth-order valence-electron chi connectivity index (χ4n) is 4.18. The lowest BCUT2D eigenvalue weighted by Crippen LogP contribution is -2.52. The number of carbonyl (C=O) groups excluding carboxylic acids is 2. The summed E-state index contributed by atoms with van der Waals surface area (Å²) in [6, 6.07) is 19.0. The second kappa shape index (κ2) is 12.3. The molecule has 39 heavy (non-hydrogen) atoms. The number of amides is 2. The number of halogens is 3. The van der Waals surface area contributed by atoms with Crippen LogP contribution in [0.2, 0.25) is 0 Å². The fourth-order valence-corrected chi connectivity index (χ4v) is 5.02. The summed E-state index contributed by atoms with van der Waals surface area (Å²) in [5.74, 6) is -1.21. The normalized spacial score (nSPS) is 12.5. The van der Waals surface area contributed by atoms with E-state index in [1.807, 2.05) is 25.1 Å². The Morgan fingerprint density at radius 1 is 0.923 bits per heavy atom. The van der Waals surface area contributed by atoms with Gasteiger partial charge in [0.15, 0.2) is 0 Å². The van der Waals surface area contributed by atoms with Crippen molar-refractivity contribution in [3.05, 3.63) is 101 Å². The average Bonchev–Trinajstić information content (AvgIpc) is 2.88. The van der Waals surface area contributed by atoms with Crippen molar-refractivity contribution in [3.8, 4) is 0 Å². The zero-order valence-electron chi connectivity index (χ0n) is 21.8. The molecule has 11 heteroatoms. The molecule has 0 aliphatic carbocycles. The van der Waals surface area contributed by atoms with Crippen LogP contribution in [-0.4, -0.2) is 51.0 Å². The summed E-state index contributed by atoms with van der Waals surface area (Å²) in [4.78, 5) is 28.1. The number of rotatable bonds is 10. The summed E-state index contributed by atoms with van der Waals surface area (Å²) in [5, 5.41) is 2.57. The van der Waals surface area contributed by atoms with Crippen molar-refractivity contribution >= 4 is 27.5 Å². The predicted octanol–water partition coefficient (Wildman–Crippen LogP) is 4.17. The third kappa shape index (κ3) is 8.06. The van der Waals surface area contributed by atoms with Crippen molar-refractivity contribution in [1.29, 1.82) is 0 Å². The van der Waals surface area contributed by atoms with Gasteiger partial charge in [0, 0.05) is 20.0 Å². The second-order valence-corrected chi connectivity index (χ2v) is 11.1. The minimum Gasteiger partial charge on any atom is -0.357 e. The minimum absolute atomic E-state index is 0.0222. The van der Waals surface area contributed by atoms with Crippen LogP contribution in [0.3, 0.4) is 0 Å². The molecule has 2 amide bonds. The first kappa shape index (κ1) is 29.7. The summed E-state index contributed by atoms with van der Waals surface area (Å²) < 4.78 is 66.1. The monoisotopic (exact) mass is 561 g/mol. The van der Waals surface area contributed by atoms with Gasteiger partial charge < -0.3 is 10.2 Å². The number of hydrogen-bond acceptors (Lipinski definition) is 4. The number of hydrogen-bond donors (Lipinski definition) is 1. The van der Waals surface area contributed by atoms with Crippen LogP contribution in [0.5, 0.6) is 0 Å². The standard InChI is InChI=1S/C28H30F3N3O4S/c1-20-9-7-12-22(15-20)18-33(25(27(36)32-2)16-21-10-5-4-6-11-21)26(35)19-34(39(3,37)38)24-14-8-13-23(17-24)28(29,30)31/h4-15,17,25H,16,18-19H2,1-3H3,(H,32,36)/t25-/m1/s1. The fraction of sp³-hybridized carbons (Fsp3) is 0.286. The number of alkyl halides is 3. The van der Waals surface area contributed by atoms with E-state index in [4.69, 9.17) is 0 Å². The third-order valence-corrected chi connectivity index (χ3v) is 7.23. The van der Waals surface area contributed by atoms with Gasteiger partial charge in [-0.25, -0.2) is 8.42 Å². The van der Waals surface area contributed by atoms with Crippen molar-refractivity contribution in [1.82, 2.24) is 10.2 Å². The molecule has 3 rings (SSSR count). The van der Waals surface area contributed by atoms with Crippen LogP contribution >= 0.6 is 0 Å². The number of sulfonamides is 1. The van der Waals surface area contributed by atoms with Crippen LogP contribution in [-0.2, 0) is 38.8 Å². The lowest BCUT2D eigenvalue weighted by molar-refractivity contribution is -0.139. The van der Waals surface area contributed by atoms with E-state index in [9.17, 15) is 31.2 Å². The molecule has 0 saturated carbocycles. The van der Waals surface area contributed by atoms with E-state index in [1.54, 1.807) is 36.4 Å². The number of nitrogens with zero attached hydrogens (tertiary/aromatic N) is 2. The SMILES string of the molecule is CNC(=O)[C@@H](Cc1ccccc1)N(Cc1cccc(C)c1)C(=O)CN(c1cccc(C(F)(F)F)c1)S(C)(=O)=O. The quantitative estimate of drug-likeness (QED) is 0.403. The van der Waals surface area contributed by atoms with Gasteiger partial charge in [-0.2, -0.15) is 13.2 Å². The summed E-state index contributed by atoms with van der Waals surface area (Å²) in [7, 11) is -2.75. The lowest BCUT2D eigenvalue weighted by Gasteiger charge is -2.33. The Balaban J connectivity index is 2.05. The zero-order chi connectivity index (χ0) is 28.8. The Morgan fingerprint density at radius 2 is 1.56 bits per heavy atom. The Hall–Kier alpha value is -3.86. The molecule has 3 aromatic rings. The van der Waals surface area contributed by atoms with Crippen molar-refractivity contribution in [2.24, 2.45) is 0 Å². The summed E-state index contributed by atoms with van der Waals surface area (Å²) in [6.07, 6.45) is -3.76. The van der Waals surface area contributed by atoms with E-state index in [-0.39, 0.29) is 18.7 Å². The lowest BCUT2D eigenvalue weighted by atomic mass is 10.0. The molecule has 0 aliphatic heterocycles. The molecule has 0 heterocycles. The molecule has 0 aliphatic rings. The summed E-state index contributed by atoms with van der Waals surface area (Å²) >= 11 is 0. The van der Waals surface area contributed by atoms with Gasteiger partial charge in [-0.3, -0.25) is 13.9 Å². The van der Waals surface area contributed by atoms with Gasteiger partial charge >= 0.3 is 6.18 Å². The molecule has 208 valence electrons. The van der Waals surface area contributed by atoms with Crippen LogP contribution in [0.15, 0.2) is 78.9 Å². The number of benzene rings is 3. The van der Waals surface area contributed by atoms with E-state index in [0.29, 0.717) is 15.9 Å². The average molecular weight is 562 g/mol. The number of nitrogens with one attached hydrogen (secondary N) is 1. The summed E-state index contributed by atoms with van der Waals surface area (Å²) in [5.41, 5.74) is 1.03. The molecular formula is C28H30F3N3O4S. The number of anilines is 1. The maximum atomic E-state index is 13.8. The van der Waals surface area contributed by atoms with Crippen molar-refractivity contribution < 1.29 is 31.2 Å². The molecule has 0 aromatic heterocycles. The molecular weight excluding hydrogens is 531 g/mol. The van der Waals surface area contributed by atoms with Crippen LogP contribution in [0, 0.1) is 6.92 Å². The molecule has 1 N–H and O–H groups in total. The molecule has 0 spiro atoms. The minimum atomic E-state index is -4.71. The van der Waals surface area contributed by atoms with Crippen molar-refractivity contribution in [2.75, 3.05) is 24.2 Å². The highest BCUT2D eigenvalue weighted by atomic mass is 32.2. The van der Waals surface area contributed by atoms with E-state index < -0.39 is 46.2 Å². The summed E-state index contributed by atoms with van der Waals surface area (Å²) in [6.45, 7) is 1.05. The van der Waals surface area contributed by atoms with E-state index >= 15 is 0 Å². The van der Waals surface area contributed by atoms with Gasteiger partial charge in [-0.15, -0.1) is 0 Å². The maximum absolute atomic E-state index is 13.8. The molecule has 0 radical (unpaired) electrons. The second-order valence-electron chi connectivity index (χ2n) is 9.15. The molecule has 0 fully saturated rings. The highest BCUT2D eigenvalue weighted by Gasteiger charge is 2.34. The first-order valence-electron chi connectivity index (χ1n) is 12.0. The Kier molecular flexibility index (Phi) is 9.39. The van der Waals surface area contributed by atoms with Crippen molar-refractivity contribution in [2.45, 2.75) is 32.1 Å². The molecule has 0 bridgehead atoms. The molecule has 0 unspecified atom stereocenters. The number of aryl methyl sites for hydroxylation is 1. The molecule has 3 aromatic carbocycles. The molecule has 1 atom stereocenters. The van der Waals surface area contributed by atoms with Gasteiger partial charge in [-0.1, -0.05) is 66.2 Å². The highest BCUT2D eigenvalue weighted by Crippen LogP contribution is 2.32. The van der Waals surface area contributed by atoms with Crippen LogP contribution in [0.4, 0.5) is 18.9 Å². The van der Waals surface area contributed by atoms with Crippen LogP contribution < -0.4 is 9.62 Å². The van der Waals surface area contributed by atoms with E-state index in [2.05, 4.69) is 5.32 Å². The Bertz CT molecular complexity index is 1410. The first-order chi connectivity index (χ1) is 18.3. The zero-order valence-corrected chi connectivity index (χ0v) is 22.6. The Labute approximate surface area is 226 Å². The molecule has 7 nitrogen and oxygen atoms in total. The first-order valence-corrected chi connectivity index (χ1v) is 13.9. The van der Waals surface area contributed by atoms with Crippen LogP contribution in [0.1, 0.15) is 22.3 Å². The number of likely N-dealkylation sites (N-methyl/N-ethyl adjacent to an activating group) is 1. The van der Waals surface area contributed by atoms with Gasteiger partial charge in [0.05, 0.1) is 17.5 Å². The maximum Gasteiger partial charge on any atom is 0.416 e. The van der Waals surface area contributed by atoms with Crippen molar-refractivity contribution in [3.63, 3.8) is 0 Å². The predicted molar refractivity (Wildman–Crippen MR) is 143 cm³/mol. The third-order valence-electron chi connectivity index (χ3n) is 6.09. The Morgan fingerprint density at radius 3 is 2.15 bits per heavy atom. The smallest absolute Gasteiger partial charge is 0.357 e. The van der Waals surface area contributed by atoms with E-state index in [1.165, 1.54) is 18.0 Å².